The smallest absolute Gasteiger partial charge is 0.253 e. The predicted octanol–water partition coefficient (Wildman–Crippen LogP) is 3.58. The Bertz CT molecular complexity index is 539. The summed E-state index contributed by atoms with van der Waals surface area (Å²) in [7, 11) is 0. The van der Waals surface area contributed by atoms with Crippen LogP contribution in [0.2, 0.25) is 8.67 Å². The van der Waals surface area contributed by atoms with Crippen LogP contribution in [0.15, 0.2) is 22.9 Å². The second kappa shape index (κ2) is 6.04. The summed E-state index contributed by atoms with van der Waals surface area (Å²) in [4.78, 5) is 11.8. The summed E-state index contributed by atoms with van der Waals surface area (Å²) in [6, 6.07) is 3.33. The Morgan fingerprint density at radius 1 is 1.50 bits per heavy atom. The van der Waals surface area contributed by atoms with E-state index in [1.165, 1.54) is 17.4 Å². The number of hydrogen-bond donors (Lipinski definition) is 2. The normalized spacial score (nSPS) is 12.4. The monoisotopic (exact) mass is 321 g/mol. The fourth-order valence-corrected chi connectivity index (χ4v) is 3.53. The summed E-state index contributed by atoms with van der Waals surface area (Å²) in [6.45, 7) is 0.138. The van der Waals surface area contributed by atoms with E-state index in [2.05, 4.69) is 5.32 Å². The van der Waals surface area contributed by atoms with Gasteiger partial charge in [0.1, 0.15) is 4.34 Å². The predicted molar refractivity (Wildman–Crippen MR) is 76.0 cm³/mol. The summed E-state index contributed by atoms with van der Waals surface area (Å²) in [5.74, 6) is -0.336. The number of halogens is 2. The zero-order valence-corrected chi connectivity index (χ0v) is 12.2. The number of aliphatic hydroxyl groups excluding tert-OH is 1. The number of nitrogens with one attached hydrogen (secondary N) is 1. The third kappa shape index (κ3) is 3.24. The van der Waals surface area contributed by atoms with E-state index in [0.29, 0.717) is 14.2 Å². The molecule has 1 unspecified atom stereocenters. The maximum Gasteiger partial charge on any atom is 0.253 e. The zero-order chi connectivity index (χ0) is 13.1. The largest absolute Gasteiger partial charge is 0.387 e. The molecule has 2 aromatic heterocycles. The van der Waals surface area contributed by atoms with E-state index in [1.54, 1.807) is 0 Å². The van der Waals surface area contributed by atoms with Crippen molar-refractivity contribution in [3.05, 3.63) is 42.7 Å². The van der Waals surface area contributed by atoms with Gasteiger partial charge in [-0.1, -0.05) is 23.2 Å². The lowest BCUT2D eigenvalue weighted by Gasteiger charge is -2.10. The van der Waals surface area contributed by atoms with E-state index in [0.717, 1.165) is 16.9 Å². The van der Waals surface area contributed by atoms with Crippen molar-refractivity contribution in [2.75, 3.05) is 6.54 Å². The summed E-state index contributed by atoms with van der Waals surface area (Å²) in [5.41, 5.74) is 1.12. The highest BCUT2D eigenvalue weighted by Crippen LogP contribution is 2.31. The van der Waals surface area contributed by atoms with Crippen molar-refractivity contribution >= 4 is 51.8 Å². The van der Waals surface area contributed by atoms with Crippen molar-refractivity contribution in [3.8, 4) is 0 Å². The minimum atomic E-state index is -0.715. The number of rotatable bonds is 4. The molecule has 1 amide bonds. The van der Waals surface area contributed by atoms with Crippen molar-refractivity contribution in [2.24, 2.45) is 0 Å². The second-order valence-corrected chi connectivity index (χ2v) is 6.59. The maximum atomic E-state index is 11.8. The number of carbonyl (C=O) groups excluding carboxylic acids is 1. The molecule has 0 spiro atoms. The van der Waals surface area contributed by atoms with Gasteiger partial charge in [0.15, 0.2) is 0 Å². The van der Waals surface area contributed by atoms with Gasteiger partial charge < -0.3 is 10.4 Å². The molecule has 0 fully saturated rings. The molecule has 2 heterocycles. The molecule has 18 heavy (non-hydrogen) atoms. The number of amides is 1. The van der Waals surface area contributed by atoms with Gasteiger partial charge in [0.2, 0.25) is 0 Å². The first-order valence-electron chi connectivity index (χ1n) is 5.01. The lowest BCUT2D eigenvalue weighted by atomic mass is 10.2. The Morgan fingerprint density at radius 2 is 2.28 bits per heavy atom. The molecule has 3 nitrogen and oxygen atoms in total. The van der Waals surface area contributed by atoms with Crippen LogP contribution in [0, 0.1) is 0 Å². The summed E-state index contributed by atoms with van der Waals surface area (Å²) < 4.78 is 0.811. The van der Waals surface area contributed by atoms with Crippen LogP contribution in [0.5, 0.6) is 0 Å². The average molecular weight is 322 g/mol. The first-order chi connectivity index (χ1) is 8.58. The quantitative estimate of drug-likeness (QED) is 0.904. The highest BCUT2D eigenvalue weighted by Gasteiger charge is 2.15. The van der Waals surface area contributed by atoms with Crippen molar-refractivity contribution in [1.29, 1.82) is 0 Å². The fourth-order valence-electron chi connectivity index (χ4n) is 1.36. The standard InChI is InChI=1S/C11H9Cl2NO2S2/c12-9-3-7(10(13)18-9)11(16)14-4-8(15)6-1-2-17-5-6/h1-3,5,8,15H,4H2,(H,14,16). The summed E-state index contributed by atoms with van der Waals surface area (Å²) >= 11 is 14.3. The number of aliphatic hydroxyl groups is 1. The molecule has 96 valence electrons. The van der Waals surface area contributed by atoms with Gasteiger partial charge in [0.05, 0.1) is 16.0 Å². The molecule has 0 aliphatic heterocycles. The Labute approximate surface area is 122 Å². The van der Waals surface area contributed by atoms with Gasteiger partial charge in [-0.2, -0.15) is 11.3 Å². The van der Waals surface area contributed by atoms with Gasteiger partial charge in [0.25, 0.3) is 5.91 Å². The molecule has 7 heteroatoms. The first-order valence-corrected chi connectivity index (χ1v) is 7.52. The molecule has 0 aliphatic rings. The molecule has 2 rings (SSSR count). The molecule has 0 aromatic carbocycles. The second-order valence-electron chi connectivity index (χ2n) is 3.52. The average Bonchev–Trinajstić information content (AvgIpc) is 2.95. The number of carbonyl (C=O) groups is 1. The van der Waals surface area contributed by atoms with E-state index >= 15 is 0 Å². The van der Waals surface area contributed by atoms with Crippen LogP contribution in [-0.4, -0.2) is 17.6 Å². The van der Waals surface area contributed by atoms with Crippen molar-refractivity contribution < 1.29 is 9.90 Å². The van der Waals surface area contributed by atoms with Crippen LogP contribution in [0.25, 0.3) is 0 Å². The fraction of sp³-hybridized carbons (Fsp3) is 0.182. The van der Waals surface area contributed by atoms with Gasteiger partial charge in [-0.3, -0.25) is 4.79 Å². The lowest BCUT2D eigenvalue weighted by Crippen LogP contribution is -2.28. The third-order valence-electron chi connectivity index (χ3n) is 2.29. The molecule has 0 saturated carbocycles. The van der Waals surface area contributed by atoms with Crippen LogP contribution in [0.3, 0.4) is 0 Å². The topological polar surface area (TPSA) is 49.3 Å². The van der Waals surface area contributed by atoms with Crippen molar-refractivity contribution in [1.82, 2.24) is 5.32 Å². The van der Waals surface area contributed by atoms with Gasteiger partial charge in [0, 0.05) is 6.54 Å². The molecule has 0 bridgehead atoms. The molecule has 0 aliphatic carbocycles. The molecular formula is C11H9Cl2NO2S2. The zero-order valence-electron chi connectivity index (χ0n) is 9.02. The Kier molecular flexibility index (Phi) is 4.64. The van der Waals surface area contributed by atoms with Crippen LogP contribution in [0.4, 0.5) is 0 Å². The molecule has 0 saturated heterocycles. The number of thiophene rings is 2. The molecule has 2 aromatic rings. The third-order valence-corrected chi connectivity index (χ3v) is 4.47. The molecule has 2 N–H and O–H groups in total. The van der Waals surface area contributed by atoms with Crippen molar-refractivity contribution in [3.63, 3.8) is 0 Å². The van der Waals surface area contributed by atoms with Crippen LogP contribution < -0.4 is 5.32 Å². The Hall–Kier alpha value is -0.590. The SMILES string of the molecule is O=C(NCC(O)c1ccsc1)c1cc(Cl)sc1Cl. The van der Waals surface area contributed by atoms with Gasteiger partial charge in [-0.05, 0) is 28.5 Å². The van der Waals surface area contributed by atoms with Crippen LogP contribution >= 0.6 is 45.9 Å². The summed E-state index contributed by atoms with van der Waals surface area (Å²) in [6.07, 6.45) is -0.715. The summed E-state index contributed by atoms with van der Waals surface area (Å²) in [5, 5.41) is 16.1. The van der Waals surface area contributed by atoms with Gasteiger partial charge in [-0.25, -0.2) is 0 Å². The van der Waals surface area contributed by atoms with Gasteiger partial charge >= 0.3 is 0 Å². The van der Waals surface area contributed by atoms with E-state index in [9.17, 15) is 9.90 Å². The van der Waals surface area contributed by atoms with E-state index in [-0.39, 0.29) is 12.5 Å². The molecular weight excluding hydrogens is 313 g/mol. The Balaban J connectivity index is 1.94. The van der Waals surface area contributed by atoms with Crippen LogP contribution in [0.1, 0.15) is 22.0 Å². The minimum Gasteiger partial charge on any atom is -0.387 e. The number of hydrogen-bond acceptors (Lipinski definition) is 4. The minimum absolute atomic E-state index is 0.138. The van der Waals surface area contributed by atoms with E-state index in [4.69, 9.17) is 23.2 Å². The highest BCUT2D eigenvalue weighted by atomic mass is 35.5. The lowest BCUT2D eigenvalue weighted by molar-refractivity contribution is 0.0917. The molecule has 1 atom stereocenters. The molecule has 0 radical (unpaired) electrons. The highest BCUT2D eigenvalue weighted by molar-refractivity contribution is 7.20. The first kappa shape index (κ1) is 13.8. The maximum absolute atomic E-state index is 11.8. The Morgan fingerprint density at radius 3 is 2.83 bits per heavy atom. The van der Waals surface area contributed by atoms with E-state index in [1.807, 2.05) is 16.8 Å². The van der Waals surface area contributed by atoms with Crippen LogP contribution in [-0.2, 0) is 0 Å². The van der Waals surface area contributed by atoms with E-state index < -0.39 is 6.10 Å². The van der Waals surface area contributed by atoms with Crippen molar-refractivity contribution in [2.45, 2.75) is 6.10 Å². The van der Waals surface area contributed by atoms with Gasteiger partial charge in [-0.15, -0.1) is 11.3 Å².